The van der Waals surface area contributed by atoms with E-state index in [2.05, 4.69) is 6.58 Å². The topological polar surface area (TPSA) is 57.5 Å². The van der Waals surface area contributed by atoms with Crippen molar-refractivity contribution >= 4 is 59.0 Å². The van der Waals surface area contributed by atoms with Gasteiger partial charge in [0.2, 0.25) is 0 Å². The molecule has 0 aromatic carbocycles. The van der Waals surface area contributed by atoms with Crippen LogP contribution in [-0.2, 0) is 4.57 Å². The Kier molecular flexibility index (Phi) is 7.14. The van der Waals surface area contributed by atoms with Crippen LogP contribution in [0, 0.1) is 0 Å². The van der Waals surface area contributed by atoms with Crippen LogP contribution in [-0.4, -0.2) is 61.2 Å². The first kappa shape index (κ1) is 11.3. The first-order valence-corrected chi connectivity index (χ1v) is 2.93. The molecule has 0 aliphatic carbocycles. The van der Waals surface area contributed by atoms with E-state index in [1.807, 2.05) is 0 Å². The van der Waals surface area contributed by atoms with Crippen LogP contribution in [0.25, 0.3) is 0 Å². The zero-order chi connectivity index (χ0) is 5.21. The molecule has 0 saturated heterocycles. The SMILES string of the molecule is C=CP(=O)(O)O.[K]. The van der Waals surface area contributed by atoms with Crippen LogP contribution in [0.2, 0.25) is 0 Å². The summed E-state index contributed by atoms with van der Waals surface area (Å²) >= 11 is 0. The summed E-state index contributed by atoms with van der Waals surface area (Å²) in [5.41, 5.74) is 0. The van der Waals surface area contributed by atoms with Gasteiger partial charge < -0.3 is 9.79 Å². The smallest absolute Gasteiger partial charge is 0.321 e. The average molecular weight is 147 g/mol. The van der Waals surface area contributed by atoms with Gasteiger partial charge in [-0.3, -0.25) is 4.57 Å². The van der Waals surface area contributed by atoms with E-state index in [0.29, 0.717) is 5.82 Å². The van der Waals surface area contributed by atoms with Gasteiger partial charge in [-0.2, -0.15) is 0 Å². The predicted octanol–water partition coefficient (Wildman–Crippen LogP) is -0.0732. The van der Waals surface area contributed by atoms with Crippen molar-refractivity contribution in [1.29, 1.82) is 0 Å². The second kappa shape index (κ2) is 4.41. The van der Waals surface area contributed by atoms with Crippen molar-refractivity contribution in [3.63, 3.8) is 0 Å². The van der Waals surface area contributed by atoms with E-state index in [0.717, 1.165) is 0 Å². The molecule has 1 radical (unpaired) electrons. The Labute approximate surface area is 84.4 Å². The van der Waals surface area contributed by atoms with E-state index in [4.69, 9.17) is 9.79 Å². The molecule has 0 aliphatic heterocycles. The minimum Gasteiger partial charge on any atom is -0.321 e. The van der Waals surface area contributed by atoms with Crippen LogP contribution in [0.4, 0.5) is 0 Å². The summed E-state index contributed by atoms with van der Waals surface area (Å²) in [5.74, 6) is 0.604. The summed E-state index contributed by atoms with van der Waals surface area (Å²) in [5, 5.41) is 0. The first-order valence-electron chi connectivity index (χ1n) is 1.25. The Hall–Kier alpha value is 1.53. The second-order valence-corrected chi connectivity index (χ2v) is 2.31. The normalized spacial score (nSPS) is 9.43. The number of rotatable bonds is 1. The fourth-order valence-corrected chi connectivity index (χ4v) is 0. The van der Waals surface area contributed by atoms with Crippen LogP contribution in [0.1, 0.15) is 0 Å². The molecule has 0 heterocycles. The monoisotopic (exact) mass is 147 g/mol. The summed E-state index contributed by atoms with van der Waals surface area (Å²) in [6, 6.07) is 0. The summed E-state index contributed by atoms with van der Waals surface area (Å²) in [4.78, 5) is 15.6. The average Bonchev–Trinajstić information content (AvgIpc) is 1.35. The standard InChI is InChI=1S/C2H5O3P.K/c1-2-6(3,4)5;/h2H,1H2,(H2,3,4,5);. The third kappa shape index (κ3) is 11.2. The summed E-state index contributed by atoms with van der Waals surface area (Å²) in [6.45, 7) is 2.87. The molecule has 0 aromatic rings. The molecular weight excluding hydrogens is 142 g/mol. The fraction of sp³-hybridized carbons (Fsp3) is 0. The van der Waals surface area contributed by atoms with Crippen LogP contribution in [0.15, 0.2) is 12.4 Å². The van der Waals surface area contributed by atoms with Gasteiger partial charge in [-0.25, -0.2) is 0 Å². The van der Waals surface area contributed by atoms with E-state index in [1.165, 1.54) is 0 Å². The fourth-order valence-electron chi connectivity index (χ4n) is 0. The van der Waals surface area contributed by atoms with Crippen molar-refractivity contribution in [3.05, 3.63) is 12.4 Å². The molecule has 0 bridgehead atoms. The van der Waals surface area contributed by atoms with Crippen LogP contribution in [0.3, 0.4) is 0 Å². The molecule has 0 atom stereocenters. The van der Waals surface area contributed by atoms with Gasteiger partial charge in [-0.15, -0.1) is 0 Å². The third-order valence-corrected chi connectivity index (χ3v) is 0.714. The van der Waals surface area contributed by atoms with Crippen molar-refractivity contribution in [2.24, 2.45) is 0 Å². The van der Waals surface area contributed by atoms with Gasteiger partial charge in [0, 0.05) is 57.2 Å². The first-order chi connectivity index (χ1) is 2.56. The Balaban J connectivity index is 0. The molecule has 0 unspecified atom stereocenters. The molecule has 0 spiro atoms. The largest absolute Gasteiger partial charge is 0.348 e. The van der Waals surface area contributed by atoms with Crippen LogP contribution >= 0.6 is 7.60 Å². The van der Waals surface area contributed by atoms with Crippen molar-refractivity contribution in [2.45, 2.75) is 0 Å². The number of hydrogen-bond donors (Lipinski definition) is 2. The zero-order valence-corrected chi connectivity index (χ0v) is 8.05. The Morgan fingerprint density at radius 1 is 1.57 bits per heavy atom. The molecule has 0 aliphatic rings. The van der Waals surface area contributed by atoms with Crippen molar-refractivity contribution in [3.8, 4) is 0 Å². The maximum atomic E-state index is 9.58. The minimum atomic E-state index is -3.88. The number of hydrogen-bond acceptors (Lipinski definition) is 1. The van der Waals surface area contributed by atoms with Gasteiger partial charge >= 0.3 is 7.60 Å². The van der Waals surface area contributed by atoms with E-state index >= 15 is 0 Å². The molecule has 2 N–H and O–H groups in total. The molecule has 0 aromatic heterocycles. The van der Waals surface area contributed by atoms with Gasteiger partial charge in [0.05, 0.1) is 0 Å². The van der Waals surface area contributed by atoms with E-state index < -0.39 is 7.60 Å². The third-order valence-electron chi connectivity index (χ3n) is 0.238. The van der Waals surface area contributed by atoms with Crippen LogP contribution < -0.4 is 0 Å². The molecule has 5 heteroatoms. The Morgan fingerprint density at radius 3 is 1.71 bits per heavy atom. The maximum absolute atomic E-state index is 9.58. The zero-order valence-electron chi connectivity index (χ0n) is 4.03. The summed E-state index contributed by atoms with van der Waals surface area (Å²) in [6.07, 6.45) is 0. The van der Waals surface area contributed by atoms with Gasteiger partial charge in [0.15, 0.2) is 0 Å². The second-order valence-electron chi connectivity index (χ2n) is 0.772. The van der Waals surface area contributed by atoms with Crippen molar-refractivity contribution in [2.75, 3.05) is 0 Å². The molecule has 37 valence electrons. The van der Waals surface area contributed by atoms with Gasteiger partial charge in [-0.1, -0.05) is 6.58 Å². The summed E-state index contributed by atoms with van der Waals surface area (Å²) in [7, 11) is -3.88. The van der Waals surface area contributed by atoms with E-state index in [-0.39, 0.29) is 51.4 Å². The molecule has 0 saturated carbocycles. The predicted molar refractivity (Wildman–Crippen MR) is 28.0 cm³/mol. The van der Waals surface area contributed by atoms with E-state index in [1.54, 1.807) is 0 Å². The quantitative estimate of drug-likeness (QED) is 0.403. The van der Waals surface area contributed by atoms with Gasteiger partial charge in [0.1, 0.15) is 0 Å². The maximum Gasteiger partial charge on any atom is 0.348 e. The van der Waals surface area contributed by atoms with E-state index in [9.17, 15) is 4.57 Å². The van der Waals surface area contributed by atoms with Gasteiger partial charge in [0.25, 0.3) is 0 Å². The molecular formula is C2H5KO3P. The molecule has 7 heavy (non-hydrogen) atoms. The Morgan fingerprint density at radius 2 is 1.71 bits per heavy atom. The van der Waals surface area contributed by atoms with Crippen molar-refractivity contribution < 1.29 is 14.4 Å². The molecule has 3 nitrogen and oxygen atoms in total. The summed E-state index contributed by atoms with van der Waals surface area (Å²) < 4.78 is 9.58. The molecule has 0 fully saturated rings. The molecule has 0 rings (SSSR count). The van der Waals surface area contributed by atoms with Crippen molar-refractivity contribution in [1.82, 2.24) is 0 Å². The minimum absolute atomic E-state index is 0. The van der Waals surface area contributed by atoms with Crippen LogP contribution in [0.5, 0.6) is 0 Å². The molecule has 0 amide bonds. The Bertz CT molecular complexity index is 95.1. The van der Waals surface area contributed by atoms with Gasteiger partial charge in [-0.05, 0) is 0 Å².